The van der Waals surface area contributed by atoms with E-state index in [1.807, 2.05) is 12.1 Å². The Labute approximate surface area is 138 Å². The van der Waals surface area contributed by atoms with E-state index >= 15 is 0 Å². The quantitative estimate of drug-likeness (QED) is 0.486. The highest BCUT2D eigenvalue weighted by Crippen LogP contribution is 2.31. The molecule has 0 saturated heterocycles. The predicted octanol–water partition coefficient (Wildman–Crippen LogP) is 6.57. The van der Waals surface area contributed by atoms with Gasteiger partial charge in [-0.25, -0.2) is 4.39 Å². The van der Waals surface area contributed by atoms with E-state index in [0.29, 0.717) is 14.5 Å². The number of hydrogen-bond donors (Lipinski definition) is 0. The molecular weight excluding hydrogens is 418 g/mol. The molecule has 5 heteroatoms. The summed E-state index contributed by atoms with van der Waals surface area (Å²) in [5, 5.41) is 1.08. The van der Waals surface area contributed by atoms with Crippen LogP contribution in [0.1, 0.15) is 16.0 Å². The van der Waals surface area contributed by atoms with Crippen LogP contribution in [0.15, 0.2) is 40.9 Å². The largest absolute Gasteiger partial charge is 0.206 e. The minimum atomic E-state index is -0.266. The third kappa shape index (κ3) is 3.94. The van der Waals surface area contributed by atoms with Crippen molar-refractivity contribution >= 4 is 55.1 Å². The van der Waals surface area contributed by atoms with Crippen LogP contribution in [0.25, 0.3) is 0 Å². The van der Waals surface area contributed by atoms with Crippen LogP contribution < -0.4 is 0 Å². The van der Waals surface area contributed by atoms with Crippen molar-refractivity contribution in [2.45, 2.75) is 11.2 Å². The maximum Gasteiger partial charge on any atom is 0.137 e. The summed E-state index contributed by atoms with van der Waals surface area (Å²) in [5.74, 6) is -0.266. The van der Waals surface area contributed by atoms with Gasteiger partial charge in [-0.1, -0.05) is 51.3 Å². The summed E-state index contributed by atoms with van der Waals surface area (Å²) in [7, 11) is 0. The summed E-state index contributed by atoms with van der Waals surface area (Å²) in [6, 6.07) is 10.5. The molecule has 100 valence electrons. The molecular formula is C14H9Br2Cl2F. The first-order valence-electron chi connectivity index (χ1n) is 5.50. The van der Waals surface area contributed by atoms with Crippen molar-refractivity contribution in [1.29, 1.82) is 0 Å². The number of hydrogen-bond acceptors (Lipinski definition) is 0. The second-order valence-corrected chi connectivity index (χ2v) is 6.87. The third-order valence-electron chi connectivity index (χ3n) is 2.70. The van der Waals surface area contributed by atoms with Crippen LogP contribution in [0.3, 0.4) is 0 Å². The predicted molar refractivity (Wildman–Crippen MR) is 85.9 cm³/mol. The van der Waals surface area contributed by atoms with Crippen molar-refractivity contribution in [2.24, 2.45) is 0 Å². The molecule has 0 aliphatic rings. The van der Waals surface area contributed by atoms with Gasteiger partial charge in [0, 0.05) is 4.83 Å². The van der Waals surface area contributed by atoms with E-state index in [2.05, 4.69) is 31.9 Å². The Morgan fingerprint density at radius 2 is 1.79 bits per heavy atom. The van der Waals surface area contributed by atoms with Gasteiger partial charge in [0.15, 0.2) is 0 Å². The lowest BCUT2D eigenvalue weighted by Gasteiger charge is -2.11. The fraction of sp³-hybridized carbons (Fsp3) is 0.143. The zero-order chi connectivity index (χ0) is 14.0. The monoisotopic (exact) mass is 424 g/mol. The maximum atomic E-state index is 13.2. The van der Waals surface area contributed by atoms with Crippen molar-refractivity contribution in [3.63, 3.8) is 0 Å². The maximum absolute atomic E-state index is 13.2. The molecule has 0 fully saturated rings. The van der Waals surface area contributed by atoms with Crippen molar-refractivity contribution in [1.82, 2.24) is 0 Å². The highest BCUT2D eigenvalue weighted by molar-refractivity contribution is 9.10. The van der Waals surface area contributed by atoms with Crippen molar-refractivity contribution in [3.8, 4) is 0 Å². The van der Waals surface area contributed by atoms with Crippen LogP contribution in [0.5, 0.6) is 0 Å². The normalized spacial score (nSPS) is 12.5. The first-order valence-corrected chi connectivity index (χ1v) is 7.97. The molecule has 0 aliphatic heterocycles. The van der Waals surface area contributed by atoms with E-state index in [1.54, 1.807) is 18.2 Å². The first kappa shape index (κ1) is 15.3. The molecule has 0 saturated carbocycles. The molecule has 2 aromatic carbocycles. The van der Waals surface area contributed by atoms with Gasteiger partial charge in [-0.2, -0.15) is 0 Å². The zero-order valence-electron chi connectivity index (χ0n) is 9.64. The van der Waals surface area contributed by atoms with Crippen molar-refractivity contribution < 1.29 is 4.39 Å². The second kappa shape index (κ2) is 6.57. The Morgan fingerprint density at radius 1 is 1.05 bits per heavy atom. The van der Waals surface area contributed by atoms with Gasteiger partial charge < -0.3 is 0 Å². The van der Waals surface area contributed by atoms with Crippen LogP contribution in [0.2, 0.25) is 10.0 Å². The summed E-state index contributed by atoms with van der Waals surface area (Å²) in [6.07, 6.45) is 0.745. The SMILES string of the molecule is Fc1ccc(C(Br)Cc2ccc(Cl)c(Cl)c2)cc1Br. The lowest BCUT2D eigenvalue weighted by atomic mass is 10.0. The number of rotatable bonds is 3. The third-order valence-corrected chi connectivity index (χ3v) is 4.90. The van der Waals surface area contributed by atoms with Gasteiger partial charge in [-0.05, 0) is 57.7 Å². The summed E-state index contributed by atoms with van der Waals surface area (Å²) < 4.78 is 13.7. The lowest BCUT2D eigenvalue weighted by molar-refractivity contribution is 0.620. The molecule has 2 aromatic rings. The molecule has 0 spiro atoms. The topological polar surface area (TPSA) is 0 Å². The minimum absolute atomic E-state index is 0.0849. The average molecular weight is 427 g/mol. The number of alkyl halides is 1. The van der Waals surface area contributed by atoms with E-state index in [9.17, 15) is 4.39 Å². The van der Waals surface area contributed by atoms with E-state index in [4.69, 9.17) is 23.2 Å². The average Bonchev–Trinajstić information content (AvgIpc) is 2.37. The molecule has 1 unspecified atom stereocenters. The highest BCUT2D eigenvalue weighted by Gasteiger charge is 2.11. The minimum Gasteiger partial charge on any atom is -0.206 e. The van der Waals surface area contributed by atoms with E-state index in [-0.39, 0.29) is 10.6 Å². The number of halogens is 5. The van der Waals surface area contributed by atoms with Crippen LogP contribution in [0.4, 0.5) is 4.39 Å². The molecule has 0 amide bonds. The molecule has 0 bridgehead atoms. The molecule has 1 atom stereocenters. The molecule has 0 heterocycles. The fourth-order valence-electron chi connectivity index (χ4n) is 1.70. The fourth-order valence-corrected chi connectivity index (χ4v) is 3.07. The zero-order valence-corrected chi connectivity index (χ0v) is 14.3. The standard InChI is InChI=1S/C14H9Br2Cl2F/c15-10(9-2-4-14(19)11(16)7-9)5-8-1-3-12(17)13(18)6-8/h1-4,6-7,10H,5H2. The van der Waals surface area contributed by atoms with Crippen molar-refractivity contribution in [2.75, 3.05) is 0 Å². The van der Waals surface area contributed by atoms with Crippen LogP contribution in [-0.4, -0.2) is 0 Å². The van der Waals surface area contributed by atoms with E-state index < -0.39 is 0 Å². The molecule has 0 N–H and O–H groups in total. The summed E-state index contributed by atoms with van der Waals surface area (Å²) in [5.41, 5.74) is 2.07. The summed E-state index contributed by atoms with van der Waals surface area (Å²) in [4.78, 5) is 0.0849. The Hall–Kier alpha value is -0.0900. The first-order chi connectivity index (χ1) is 8.97. The molecule has 19 heavy (non-hydrogen) atoms. The molecule has 0 aliphatic carbocycles. The Bertz CT molecular complexity index is 602. The molecule has 2 rings (SSSR count). The van der Waals surface area contributed by atoms with Gasteiger partial charge in [-0.15, -0.1) is 0 Å². The van der Waals surface area contributed by atoms with Gasteiger partial charge in [-0.3, -0.25) is 0 Å². The smallest absolute Gasteiger partial charge is 0.137 e. The second-order valence-electron chi connectivity index (χ2n) is 4.09. The molecule has 0 aromatic heterocycles. The van der Waals surface area contributed by atoms with Gasteiger partial charge in [0.05, 0.1) is 14.5 Å². The summed E-state index contributed by atoms with van der Waals surface area (Å²) >= 11 is 18.7. The molecule has 0 nitrogen and oxygen atoms in total. The van der Waals surface area contributed by atoms with E-state index in [1.165, 1.54) is 6.07 Å². The highest BCUT2D eigenvalue weighted by atomic mass is 79.9. The molecule has 0 radical (unpaired) electrons. The van der Waals surface area contributed by atoms with Gasteiger partial charge in [0.25, 0.3) is 0 Å². The van der Waals surface area contributed by atoms with Crippen LogP contribution in [0, 0.1) is 5.82 Å². The summed E-state index contributed by atoms with van der Waals surface area (Å²) in [6.45, 7) is 0. The van der Waals surface area contributed by atoms with Gasteiger partial charge in [0.2, 0.25) is 0 Å². The Morgan fingerprint density at radius 3 is 2.42 bits per heavy atom. The lowest BCUT2D eigenvalue weighted by Crippen LogP contribution is -1.96. The van der Waals surface area contributed by atoms with E-state index in [0.717, 1.165) is 17.5 Å². The Kier molecular flexibility index (Phi) is 5.29. The van der Waals surface area contributed by atoms with Gasteiger partial charge in [0.1, 0.15) is 5.82 Å². The van der Waals surface area contributed by atoms with Crippen LogP contribution >= 0.6 is 55.1 Å². The Balaban J connectivity index is 2.17. The van der Waals surface area contributed by atoms with Crippen LogP contribution in [-0.2, 0) is 6.42 Å². The number of benzene rings is 2. The van der Waals surface area contributed by atoms with Crippen molar-refractivity contribution in [3.05, 3.63) is 67.9 Å². The van der Waals surface area contributed by atoms with Gasteiger partial charge >= 0.3 is 0 Å².